The van der Waals surface area contributed by atoms with Crippen molar-refractivity contribution in [2.75, 3.05) is 6.67 Å². The molecule has 6 heteroatoms. The fraction of sp³-hybridized carbons (Fsp3) is 0.857. The van der Waals surface area contributed by atoms with Gasteiger partial charge in [0.15, 0.2) is 0 Å². The minimum Gasteiger partial charge on any atom is -0.294 e. The average Bonchev–Trinajstić information content (AvgIpc) is 1.96. The first-order chi connectivity index (χ1) is 5.93. The molecule has 0 aromatic heterocycles. The van der Waals surface area contributed by atoms with Gasteiger partial charge < -0.3 is 0 Å². The molecule has 13 heavy (non-hydrogen) atoms. The number of rotatable bonds is 5. The zero-order valence-corrected chi connectivity index (χ0v) is 9.26. The van der Waals surface area contributed by atoms with Gasteiger partial charge >= 0.3 is 0 Å². The number of hydrazone groups is 1. The maximum atomic E-state index is 10.3. The molecule has 0 spiro atoms. The van der Waals surface area contributed by atoms with E-state index in [-0.39, 0.29) is 12.7 Å². The molecule has 0 saturated carbocycles. The van der Waals surface area contributed by atoms with Gasteiger partial charge in [0.2, 0.25) is 11.3 Å². The fourth-order valence-corrected chi connectivity index (χ4v) is 0.954. The largest absolute Gasteiger partial charge is 0.294 e. The molecule has 0 fully saturated rings. The molecule has 0 heterocycles. The molecule has 0 aromatic rings. The molecule has 0 rings (SSSR count). The zero-order chi connectivity index (χ0) is 10.4. The molecule has 0 aromatic carbocycles. The molecule has 78 valence electrons. The number of nitrogens with zero attached hydrogens (tertiary/aromatic N) is 2. The third-order valence-electron chi connectivity index (χ3n) is 1.27. The van der Waals surface area contributed by atoms with E-state index in [0.717, 1.165) is 5.71 Å². The first-order valence-electron chi connectivity index (χ1n) is 4.06. The van der Waals surface area contributed by atoms with Gasteiger partial charge in [-0.05, 0) is 27.7 Å². The van der Waals surface area contributed by atoms with Crippen LogP contribution in [0.3, 0.4) is 0 Å². The van der Waals surface area contributed by atoms with Crippen molar-refractivity contribution < 1.29 is 8.76 Å². The van der Waals surface area contributed by atoms with Crippen LogP contribution in [0.15, 0.2) is 5.10 Å². The molecule has 0 amide bonds. The van der Waals surface area contributed by atoms with Crippen molar-refractivity contribution >= 4 is 17.0 Å². The molecule has 0 aliphatic heterocycles. The highest BCUT2D eigenvalue weighted by Crippen LogP contribution is 1.97. The molecular weight excluding hydrogens is 190 g/mol. The summed E-state index contributed by atoms with van der Waals surface area (Å²) in [4.78, 5) is 0. The van der Waals surface area contributed by atoms with Crippen molar-refractivity contribution in [1.82, 2.24) is 9.73 Å². The Morgan fingerprint density at radius 2 is 2.15 bits per heavy atom. The van der Waals surface area contributed by atoms with Crippen LogP contribution in [0, 0.1) is 0 Å². The van der Waals surface area contributed by atoms with Gasteiger partial charge in [0.05, 0.1) is 6.67 Å². The van der Waals surface area contributed by atoms with Crippen LogP contribution in [0.2, 0.25) is 0 Å². The predicted molar refractivity (Wildman–Crippen MR) is 54.5 cm³/mol. The lowest BCUT2D eigenvalue weighted by atomic mass is 10.4. The van der Waals surface area contributed by atoms with Gasteiger partial charge in [-0.3, -0.25) is 9.56 Å². The highest BCUT2D eigenvalue weighted by Gasteiger charge is 2.06. The second-order valence-corrected chi connectivity index (χ2v) is 3.92. The van der Waals surface area contributed by atoms with Gasteiger partial charge in [0.25, 0.3) is 0 Å². The van der Waals surface area contributed by atoms with Crippen molar-refractivity contribution in [3.05, 3.63) is 0 Å². The number of hydrogen-bond donors (Lipinski definition) is 2. The van der Waals surface area contributed by atoms with Crippen molar-refractivity contribution in [3.63, 3.8) is 0 Å². The molecule has 0 aliphatic rings. The van der Waals surface area contributed by atoms with Crippen LogP contribution in [-0.2, 0) is 11.3 Å². The van der Waals surface area contributed by atoms with Gasteiger partial charge in [-0.2, -0.15) is 9.82 Å². The van der Waals surface area contributed by atoms with Crippen molar-refractivity contribution in [2.24, 2.45) is 5.10 Å². The first-order valence-corrected chi connectivity index (χ1v) is 5.17. The Morgan fingerprint density at radius 3 is 2.46 bits per heavy atom. The zero-order valence-electron chi connectivity index (χ0n) is 8.44. The van der Waals surface area contributed by atoms with E-state index in [9.17, 15) is 4.21 Å². The lowest BCUT2D eigenvalue weighted by Gasteiger charge is -2.23. The Labute approximate surface area is 81.6 Å². The lowest BCUT2D eigenvalue weighted by molar-refractivity contribution is 0.228. The molecule has 1 unspecified atom stereocenters. The topological polar surface area (TPSA) is 64.9 Å². The molecule has 0 radical (unpaired) electrons. The third kappa shape index (κ3) is 6.68. The summed E-state index contributed by atoms with van der Waals surface area (Å²) in [7, 11) is 0. The van der Waals surface area contributed by atoms with Gasteiger partial charge in [-0.1, -0.05) is 0 Å². The summed E-state index contributed by atoms with van der Waals surface area (Å²) in [5, 5.41) is 5.90. The summed E-state index contributed by atoms with van der Waals surface area (Å²) in [6.45, 7) is 7.96. The Bertz CT molecular complexity index is 202. The molecule has 2 N–H and O–H groups in total. The summed E-state index contributed by atoms with van der Waals surface area (Å²) in [5.74, 6) is 0. The van der Waals surface area contributed by atoms with Gasteiger partial charge in [0, 0.05) is 11.8 Å². The summed E-state index contributed by atoms with van der Waals surface area (Å²) in [5.41, 5.74) is 0.916. The average molecular weight is 207 g/mol. The van der Waals surface area contributed by atoms with E-state index >= 15 is 0 Å². The van der Waals surface area contributed by atoms with E-state index in [2.05, 4.69) is 9.82 Å². The molecular formula is C7H17N3O2S. The summed E-state index contributed by atoms with van der Waals surface area (Å²) >= 11 is -1.98. The van der Waals surface area contributed by atoms with Crippen LogP contribution in [0.4, 0.5) is 0 Å². The van der Waals surface area contributed by atoms with Crippen molar-refractivity contribution in [1.29, 1.82) is 0 Å². The Morgan fingerprint density at radius 1 is 1.62 bits per heavy atom. The lowest BCUT2D eigenvalue weighted by Crippen LogP contribution is -2.36. The summed E-state index contributed by atoms with van der Waals surface area (Å²) in [6, 6.07) is 0.200. The van der Waals surface area contributed by atoms with E-state index < -0.39 is 11.3 Å². The van der Waals surface area contributed by atoms with E-state index in [1.54, 1.807) is 5.01 Å². The highest BCUT2D eigenvalue weighted by atomic mass is 32.2. The normalized spacial score (nSPS) is 12.8. The monoisotopic (exact) mass is 207 g/mol. The van der Waals surface area contributed by atoms with Gasteiger partial charge in [-0.15, -0.1) is 0 Å². The molecule has 0 saturated heterocycles. The molecule has 0 bridgehead atoms. The third-order valence-corrected chi connectivity index (χ3v) is 1.65. The van der Waals surface area contributed by atoms with Gasteiger partial charge in [-0.25, -0.2) is 4.21 Å². The molecule has 0 aliphatic carbocycles. The van der Waals surface area contributed by atoms with E-state index in [1.807, 2.05) is 27.7 Å². The smallest absolute Gasteiger partial charge is 0.233 e. The van der Waals surface area contributed by atoms with Crippen LogP contribution in [-0.4, -0.2) is 32.2 Å². The SMILES string of the molecule is CC(C)=NN(CNS(=O)O)C(C)C. The molecule has 1 atom stereocenters. The number of hydrogen-bond acceptors (Lipinski definition) is 3. The van der Waals surface area contributed by atoms with E-state index in [1.165, 1.54) is 0 Å². The van der Waals surface area contributed by atoms with Crippen LogP contribution >= 0.6 is 0 Å². The van der Waals surface area contributed by atoms with Crippen molar-refractivity contribution in [2.45, 2.75) is 33.7 Å². The first kappa shape index (κ1) is 12.5. The second-order valence-electron chi connectivity index (χ2n) is 3.13. The Hall–Kier alpha value is -0.460. The molecule has 5 nitrogen and oxygen atoms in total. The Balaban J connectivity index is 4.11. The quantitative estimate of drug-likeness (QED) is 0.303. The summed E-state index contributed by atoms with van der Waals surface area (Å²) < 4.78 is 21.2. The van der Waals surface area contributed by atoms with Gasteiger partial charge in [0.1, 0.15) is 0 Å². The van der Waals surface area contributed by atoms with E-state index in [4.69, 9.17) is 4.55 Å². The standard InChI is InChI=1S/C7H17N3O2S/c1-6(2)9-10(7(3)4)5-8-13(11)12/h7-8H,5H2,1-4H3,(H,11,12). The fourth-order valence-electron chi connectivity index (χ4n) is 0.712. The van der Waals surface area contributed by atoms with Crippen molar-refractivity contribution in [3.8, 4) is 0 Å². The van der Waals surface area contributed by atoms with E-state index in [0.29, 0.717) is 0 Å². The minimum absolute atomic E-state index is 0.200. The second kappa shape index (κ2) is 6.06. The highest BCUT2D eigenvalue weighted by molar-refractivity contribution is 7.77. The van der Waals surface area contributed by atoms with Crippen LogP contribution in [0.5, 0.6) is 0 Å². The van der Waals surface area contributed by atoms with Crippen LogP contribution in [0.25, 0.3) is 0 Å². The number of nitrogens with one attached hydrogen (secondary N) is 1. The van der Waals surface area contributed by atoms with Crippen LogP contribution in [0.1, 0.15) is 27.7 Å². The maximum absolute atomic E-state index is 10.3. The van der Waals surface area contributed by atoms with Crippen LogP contribution < -0.4 is 4.72 Å². The minimum atomic E-state index is -1.98. The summed E-state index contributed by atoms with van der Waals surface area (Å²) in [6.07, 6.45) is 0. The Kier molecular flexibility index (Phi) is 5.85. The predicted octanol–water partition coefficient (Wildman–Crippen LogP) is 0.776. The maximum Gasteiger partial charge on any atom is 0.233 e.